The molecular formula is C12H14BrNO. The van der Waals surface area contributed by atoms with Crippen LogP contribution >= 0.6 is 15.9 Å². The molecule has 1 aliphatic rings. The molecule has 0 heterocycles. The van der Waals surface area contributed by atoms with E-state index in [1.165, 1.54) is 12.8 Å². The van der Waals surface area contributed by atoms with Crippen molar-refractivity contribution in [2.45, 2.75) is 25.8 Å². The van der Waals surface area contributed by atoms with Crippen molar-refractivity contribution in [3.05, 3.63) is 34.3 Å². The number of nitrogens with one attached hydrogen (secondary N) is 1. The molecule has 15 heavy (non-hydrogen) atoms. The van der Waals surface area contributed by atoms with Crippen molar-refractivity contribution >= 4 is 21.8 Å². The minimum Gasteiger partial charge on any atom is -0.349 e. The molecule has 1 atom stereocenters. The average molecular weight is 268 g/mol. The minimum absolute atomic E-state index is 0.0156. The number of carbonyl (C=O) groups is 1. The van der Waals surface area contributed by atoms with Crippen LogP contribution in [0.25, 0.3) is 0 Å². The first kappa shape index (κ1) is 10.7. The lowest BCUT2D eigenvalue weighted by Crippen LogP contribution is -2.34. The SMILES string of the molecule is C[C@@H](NC(=O)c1ccccc1Br)C1CC1. The van der Waals surface area contributed by atoms with Gasteiger partial charge >= 0.3 is 0 Å². The van der Waals surface area contributed by atoms with E-state index in [0.717, 1.165) is 4.47 Å². The largest absolute Gasteiger partial charge is 0.349 e. The van der Waals surface area contributed by atoms with Gasteiger partial charge in [0.1, 0.15) is 0 Å². The van der Waals surface area contributed by atoms with Crippen LogP contribution in [-0.2, 0) is 0 Å². The van der Waals surface area contributed by atoms with Crippen molar-refractivity contribution in [3.63, 3.8) is 0 Å². The standard InChI is InChI=1S/C12H14BrNO/c1-8(9-6-7-9)14-12(15)10-4-2-3-5-11(10)13/h2-5,8-9H,6-7H2,1H3,(H,14,15)/t8-/m1/s1. The molecule has 0 aromatic heterocycles. The lowest BCUT2D eigenvalue weighted by molar-refractivity contribution is 0.0935. The lowest BCUT2D eigenvalue weighted by atomic mass is 10.1. The highest BCUT2D eigenvalue weighted by Gasteiger charge is 2.29. The van der Waals surface area contributed by atoms with E-state index in [1.807, 2.05) is 24.3 Å². The number of halogens is 1. The molecule has 2 rings (SSSR count). The smallest absolute Gasteiger partial charge is 0.252 e. The van der Waals surface area contributed by atoms with Crippen LogP contribution in [0.1, 0.15) is 30.1 Å². The van der Waals surface area contributed by atoms with Gasteiger partial charge in [0, 0.05) is 10.5 Å². The van der Waals surface area contributed by atoms with Crippen LogP contribution in [0, 0.1) is 5.92 Å². The molecule has 1 aliphatic carbocycles. The van der Waals surface area contributed by atoms with Crippen LogP contribution < -0.4 is 5.32 Å². The Morgan fingerprint density at radius 2 is 2.13 bits per heavy atom. The van der Waals surface area contributed by atoms with Crippen molar-refractivity contribution in [1.82, 2.24) is 5.32 Å². The Morgan fingerprint density at radius 1 is 1.47 bits per heavy atom. The number of hydrogen-bond acceptors (Lipinski definition) is 1. The molecule has 1 fully saturated rings. The molecule has 2 nitrogen and oxygen atoms in total. The first-order chi connectivity index (χ1) is 7.18. The number of carbonyl (C=O) groups excluding carboxylic acids is 1. The fraction of sp³-hybridized carbons (Fsp3) is 0.417. The van der Waals surface area contributed by atoms with Crippen LogP contribution in [0.15, 0.2) is 28.7 Å². The van der Waals surface area contributed by atoms with Crippen molar-refractivity contribution in [1.29, 1.82) is 0 Å². The zero-order valence-electron chi connectivity index (χ0n) is 8.66. The second-order valence-corrected chi connectivity index (χ2v) is 4.93. The van der Waals surface area contributed by atoms with Crippen molar-refractivity contribution in [2.75, 3.05) is 0 Å². The Labute approximate surface area is 98.2 Å². The van der Waals surface area contributed by atoms with Gasteiger partial charge in [-0.05, 0) is 53.7 Å². The van der Waals surface area contributed by atoms with Crippen molar-refractivity contribution in [2.24, 2.45) is 5.92 Å². The number of benzene rings is 1. The maximum atomic E-state index is 11.9. The van der Waals surface area contributed by atoms with Gasteiger partial charge in [-0.25, -0.2) is 0 Å². The van der Waals surface area contributed by atoms with Gasteiger partial charge in [-0.2, -0.15) is 0 Å². The second kappa shape index (κ2) is 4.35. The van der Waals surface area contributed by atoms with E-state index < -0.39 is 0 Å². The second-order valence-electron chi connectivity index (χ2n) is 4.08. The molecule has 0 spiro atoms. The van der Waals surface area contributed by atoms with Gasteiger partial charge in [-0.15, -0.1) is 0 Å². The molecule has 1 saturated carbocycles. The zero-order chi connectivity index (χ0) is 10.8. The number of amides is 1. The molecule has 0 saturated heterocycles. The van der Waals surface area contributed by atoms with Gasteiger partial charge in [-0.3, -0.25) is 4.79 Å². The Morgan fingerprint density at radius 3 is 2.73 bits per heavy atom. The Kier molecular flexibility index (Phi) is 3.10. The highest BCUT2D eigenvalue weighted by molar-refractivity contribution is 9.10. The van der Waals surface area contributed by atoms with Crippen molar-refractivity contribution in [3.8, 4) is 0 Å². The highest BCUT2D eigenvalue weighted by Crippen LogP contribution is 2.32. The van der Waals surface area contributed by atoms with E-state index >= 15 is 0 Å². The topological polar surface area (TPSA) is 29.1 Å². The number of rotatable bonds is 3. The van der Waals surface area contributed by atoms with Crippen LogP contribution in [0.3, 0.4) is 0 Å². The molecule has 0 unspecified atom stereocenters. The molecule has 0 radical (unpaired) electrons. The molecule has 80 valence electrons. The van der Waals surface area contributed by atoms with Crippen LogP contribution in [0.2, 0.25) is 0 Å². The summed E-state index contributed by atoms with van der Waals surface area (Å²) >= 11 is 3.38. The third kappa shape index (κ3) is 2.59. The van der Waals surface area contributed by atoms with E-state index in [9.17, 15) is 4.79 Å². The molecule has 1 N–H and O–H groups in total. The van der Waals surface area contributed by atoms with Crippen LogP contribution in [-0.4, -0.2) is 11.9 Å². The molecule has 1 aromatic carbocycles. The van der Waals surface area contributed by atoms with Gasteiger partial charge in [-0.1, -0.05) is 12.1 Å². The van der Waals surface area contributed by atoms with E-state index in [2.05, 4.69) is 28.2 Å². The van der Waals surface area contributed by atoms with E-state index in [1.54, 1.807) is 0 Å². The van der Waals surface area contributed by atoms with Crippen molar-refractivity contribution < 1.29 is 4.79 Å². The Hall–Kier alpha value is -0.830. The molecular weight excluding hydrogens is 254 g/mol. The Balaban J connectivity index is 2.04. The summed E-state index contributed by atoms with van der Waals surface area (Å²) in [4.78, 5) is 11.9. The summed E-state index contributed by atoms with van der Waals surface area (Å²) in [5.74, 6) is 0.707. The fourth-order valence-corrected chi connectivity index (χ4v) is 2.11. The van der Waals surface area contributed by atoms with Crippen LogP contribution in [0.5, 0.6) is 0 Å². The van der Waals surface area contributed by atoms with Gasteiger partial charge in [0.15, 0.2) is 0 Å². The number of hydrogen-bond donors (Lipinski definition) is 1. The third-order valence-electron chi connectivity index (χ3n) is 2.81. The van der Waals surface area contributed by atoms with Gasteiger partial charge in [0.05, 0.1) is 5.56 Å². The van der Waals surface area contributed by atoms with E-state index in [-0.39, 0.29) is 5.91 Å². The molecule has 0 aliphatic heterocycles. The maximum absolute atomic E-state index is 11.9. The summed E-state index contributed by atoms with van der Waals surface area (Å²) in [6.45, 7) is 2.08. The minimum atomic E-state index is 0.0156. The summed E-state index contributed by atoms with van der Waals surface area (Å²) in [5, 5.41) is 3.03. The summed E-state index contributed by atoms with van der Waals surface area (Å²) in [7, 11) is 0. The van der Waals surface area contributed by atoms with Crippen LogP contribution in [0.4, 0.5) is 0 Å². The molecule has 0 bridgehead atoms. The lowest BCUT2D eigenvalue weighted by Gasteiger charge is -2.13. The molecule has 1 aromatic rings. The predicted octanol–water partition coefficient (Wildman–Crippen LogP) is 2.98. The maximum Gasteiger partial charge on any atom is 0.252 e. The van der Waals surface area contributed by atoms with E-state index in [4.69, 9.17) is 0 Å². The first-order valence-electron chi connectivity index (χ1n) is 5.24. The highest BCUT2D eigenvalue weighted by atomic mass is 79.9. The molecule has 1 amide bonds. The summed E-state index contributed by atoms with van der Waals surface area (Å²) in [6.07, 6.45) is 2.49. The van der Waals surface area contributed by atoms with E-state index in [0.29, 0.717) is 17.5 Å². The molecule has 3 heteroatoms. The Bertz CT molecular complexity index is 374. The fourth-order valence-electron chi connectivity index (χ4n) is 1.64. The van der Waals surface area contributed by atoms with Gasteiger partial charge < -0.3 is 5.32 Å². The summed E-state index contributed by atoms with van der Waals surface area (Å²) < 4.78 is 0.852. The van der Waals surface area contributed by atoms with Gasteiger partial charge in [0.25, 0.3) is 5.91 Å². The summed E-state index contributed by atoms with van der Waals surface area (Å²) in [6, 6.07) is 7.80. The zero-order valence-corrected chi connectivity index (χ0v) is 10.3. The van der Waals surface area contributed by atoms with Gasteiger partial charge in [0.2, 0.25) is 0 Å². The average Bonchev–Trinajstić information content (AvgIpc) is 3.01. The quantitative estimate of drug-likeness (QED) is 0.897. The summed E-state index contributed by atoms with van der Waals surface area (Å²) in [5.41, 5.74) is 0.713. The first-order valence-corrected chi connectivity index (χ1v) is 6.03. The normalized spacial score (nSPS) is 17.2. The predicted molar refractivity (Wildman–Crippen MR) is 63.8 cm³/mol. The monoisotopic (exact) mass is 267 g/mol. The third-order valence-corrected chi connectivity index (χ3v) is 3.50.